The molecule has 1 aliphatic heterocycles. The zero-order valence-electron chi connectivity index (χ0n) is 11.5. The van der Waals surface area contributed by atoms with Crippen LogP contribution in [0.1, 0.15) is 18.5 Å². The first-order valence-electron chi connectivity index (χ1n) is 7.17. The van der Waals surface area contributed by atoms with E-state index in [1.807, 2.05) is 36.5 Å². The Hall–Kier alpha value is -1.72. The molecule has 106 valence electrons. The summed E-state index contributed by atoms with van der Waals surface area (Å²) in [5.41, 5.74) is 1.95. The third kappa shape index (κ3) is 3.43. The monoisotopic (exact) mass is 272 g/mol. The summed E-state index contributed by atoms with van der Waals surface area (Å²) in [6, 6.07) is 9.95. The van der Waals surface area contributed by atoms with E-state index in [-0.39, 0.29) is 0 Å². The fraction of sp³-hybridized carbons (Fsp3) is 0.467. The summed E-state index contributed by atoms with van der Waals surface area (Å²) < 4.78 is 5.47. The summed E-state index contributed by atoms with van der Waals surface area (Å²) in [5.74, 6) is 0.632. The van der Waals surface area contributed by atoms with E-state index in [0.29, 0.717) is 5.92 Å². The van der Waals surface area contributed by atoms with Crippen LogP contribution in [-0.2, 0) is 11.3 Å². The molecular weight excluding hydrogens is 252 g/mol. The smallest absolute Gasteiger partial charge is 0.0969 e. The molecule has 20 heavy (non-hydrogen) atoms. The fourth-order valence-corrected chi connectivity index (χ4v) is 2.43. The van der Waals surface area contributed by atoms with Crippen LogP contribution >= 0.6 is 0 Å². The number of aromatic nitrogens is 3. The number of rotatable bonds is 5. The van der Waals surface area contributed by atoms with Gasteiger partial charge in [-0.15, -0.1) is 0 Å². The van der Waals surface area contributed by atoms with Gasteiger partial charge < -0.3 is 10.1 Å². The van der Waals surface area contributed by atoms with Gasteiger partial charge in [-0.3, -0.25) is 0 Å². The molecular formula is C15H20N4O. The molecule has 5 nitrogen and oxygen atoms in total. The number of para-hydroxylation sites is 1. The molecule has 0 spiro atoms. The zero-order valence-corrected chi connectivity index (χ0v) is 11.5. The lowest BCUT2D eigenvalue weighted by Gasteiger charge is -2.21. The van der Waals surface area contributed by atoms with E-state index in [2.05, 4.69) is 15.5 Å². The van der Waals surface area contributed by atoms with E-state index < -0.39 is 0 Å². The van der Waals surface area contributed by atoms with Gasteiger partial charge in [0.1, 0.15) is 0 Å². The maximum atomic E-state index is 5.47. The second kappa shape index (κ2) is 6.63. The first-order valence-corrected chi connectivity index (χ1v) is 7.17. The largest absolute Gasteiger partial charge is 0.381 e. The molecule has 3 rings (SSSR count). The van der Waals surface area contributed by atoms with Crippen LogP contribution in [0.4, 0.5) is 0 Å². The van der Waals surface area contributed by atoms with Crippen LogP contribution in [0.3, 0.4) is 0 Å². The standard InChI is InChI=1S/C15H20N4O/c1-2-6-15(7-3-1)19-17-11-14(18-19)10-16-9-13-5-4-8-20-12-13/h1-3,6-7,11,13,16H,4-5,8-10,12H2. The topological polar surface area (TPSA) is 52.0 Å². The Morgan fingerprint density at radius 2 is 2.20 bits per heavy atom. The predicted octanol–water partition coefficient (Wildman–Crippen LogP) is 1.78. The lowest BCUT2D eigenvalue weighted by atomic mass is 10.0. The molecule has 0 amide bonds. The highest BCUT2D eigenvalue weighted by Gasteiger charge is 2.13. The summed E-state index contributed by atoms with van der Waals surface area (Å²) >= 11 is 0. The molecule has 1 aromatic heterocycles. The molecule has 1 fully saturated rings. The maximum Gasteiger partial charge on any atom is 0.0969 e. The van der Waals surface area contributed by atoms with Gasteiger partial charge in [0.2, 0.25) is 0 Å². The van der Waals surface area contributed by atoms with Crippen LogP contribution in [0.25, 0.3) is 5.69 Å². The highest BCUT2D eigenvalue weighted by atomic mass is 16.5. The molecule has 0 saturated carbocycles. The molecule has 0 radical (unpaired) electrons. The number of benzene rings is 1. The van der Waals surface area contributed by atoms with E-state index in [4.69, 9.17) is 4.74 Å². The van der Waals surface area contributed by atoms with Crippen molar-refractivity contribution in [1.29, 1.82) is 0 Å². The minimum atomic E-state index is 0.632. The zero-order chi connectivity index (χ0) is 13.6. The second-order valence-electron chi connectivity index (χ2n) is 5.17. The lowest BCUT2D eigenvalue weighted by Crippen LogP contribution is -2.29. The molecule has 1 saturated heterocycles. The van der Waals surface area contributed by atoms with E-state index >= 15 is 0 Å². The Balaban J connectivity index is 1.50. The van der Waals surface area contributed by atoms with Crippen LogP contribution in [0.2, 0.25) is 0 Å². The van der Waals surface area contributed by atoms with Gasteiger partial charge >= 0.3 is 0 Å². The fourth-order valence-electron chi connectivity index (χ4n) is 2.43. The number of nitrogens with zero attached hydrogens (tertiary/aromatic N) is 3. The molecule has 2 aromatic rings. The van der Waals surface area contributed by atoms with Crippen molar-refractivity contribution in [1.82, 2.24) is 20.3 Å². The van der Waals surface area contributed by atoms with Crippen molar-refractivity contribution in [2.75, 3.05) is 19.8 Å². The summed E-state index contributed by atoms with van der Waals surface area (Å²) in [6.45, 7) is 3.53. The third-order valence-corrected chi connectivity index (χ3v) is 3.52. The van der Waals surface area contributed by atoms with Crippen LogP contribution in [0.5, 0.6) is 0 Å². The average Bonchev–Trinajstić information content (AvgIpc) is 2.98. The summed E-state index contributed by atoms with van der Waals surface area (Å²) in [7, 11) is 0. The first-order chi connectivity index (χ1) is 9.92. The average molecular weight is 272 g/mol. The van der Waals surface area contributed by atoms with Crippen LogP contribution < -0.4 is 5.32 Å². The van der Waals surface area contributed by atoms with E-state index in [0.717, 1.165) is 37.7 Å². The van der Waals surface area contributed by atoms with E-state index in [1.165, 1.54) is 12.8 Å². The SMILES string of the molecule is c1ccc(-n2ncc(CNCC3CCCOC3)n2)cc1. The Labute approximate surface area is 118 Å². The summed E-state index contributed by atoms with van der Waals surface area (Å²) in [4.78, 5) is 1.67. The highest BCUT2D eigenvalue weighted by molar-refractivity contribution is 5.28. The molecule has 0 bridgehead atoms. The van der Waals surface area contributed by atoms with Crippen LogP contribution in [0, 0.1) is 5.92 Å². The molecule has 1 N–H and O–H groups in total. The third-order valence-electron chi connectivity index (χ3n) is 3.52. The Morgan fingerprint density at radius 3 is 3.00 bits per heavy atom. The number of hydrogen-bond donors (Lipinski definition) is 1. The van der Waals surface area contributed by atoms with Crippen molar-refractivity contribution < 1.29 is 4.74 Å². The Morgan fingerprint density at radius 1 is 1.30 bits per heavy atom. The van der Waals surface area contributed by atoms with Crippen molar-refractivity contribution in [2.45, 2.75) is 19.4 Å². The van der Waals surface area contributed by atoms with E-state index in [1.54, 1.807) is 4.80 Å². The number of hydrogen-bond acceptors (Lipinski definition) is 4. The van der Waals surface area contributed by atoms with Crippen molar-refractivity contribution in [3.05, 3.63) is 42.2 Å². The molecule has 1 atom stereocenters. The van der Waals surface area contributed by atoms with Gasteiger partial charge in [0.05, 0.1) is 24.2 Å². The van der Waals surface area contributed by atoms with Crippen molar-refractivity contribution >= 4 is 0 Å². The second-order valence-corrected chi connectivity index (χ2v) is 5.17. The van der Waals surface area contributed by atoms with Gasteiger partial charge in [-0.25, -0.2) is 0 Å². The first kappa shape index (κ1) is 13.3. The summed E-state index contributed by atoms with van der Waals surface area (Å²) in [5, 5.41) is 12.2. The van der Waals surface area contributed by atoms with E-state index in [9.17, 15) is 0 Å². The molecule has 1 aromatic carbocycles. The van der Waals surface area contributed by atoms with Crippen molar-refractivity contribution in [2.24, 2.45) is 5.92 Å². The minimum Gasteiger partial charge on any atom is -0.381 e. The van der Waals surface area contributed by atoms with Crippen molar-refractivity contribution in [3.63, 3.8) is 0 Å². The quantitative estimate of drug-likeness (QED) is 0.901. The molecule has 0 aliphatic carbocycles. The van der Waals surface area contributed by atoms with Crippen molar-refractivity contribution in [3.8, 4) is 5.69 Å². The Bertz CT molecular complexity index is 520. The van der Waals surface area contributed by atoms with Crippen LogP contribution in [0.15, 0.2) is 36.5 Å². The van der Waals surface area contributed by atoms with Gasteiger partial charge in [0.25, 0.3) is 0 Å². The molecule has 1 unspecified atom stereocenters. The lowest BCUT2D eigenvalue weighted by molar-refractivity contribution is 0.0547. The number of ether oxygens (including phenoxy) is 1. The maximum absolute atomic E-state index is 5.47. The molecule has 1 aliphatic rings. The minimum absolute atomic E-state index is 0.632. The number of nitrogens with one attached hydrogen (secondary N) is 1. The van der Waals surface area contributed by atoms with Gasteiger partial charge in [-0.2, -0.15) is 15.0 Å². The van der Waals surface area contributed by atoms with Gasteiger partial charge in [0.15, 0.2) is 0 Å². The van der Waals surface area contributed by atoms with Gasteiger partial charge in [-0.1, -0.05) is 18.2 Å². The Kier molecular flexibility index (Phi) is 4.40. The normalized spacial score (nSPS) is 19.1. The molecule has 5 heteroatoms. The summed E-state index contributed by atoms with van der Waals surface area (Å²) in [6.07, 6.45) is 4.25. The van der Waals surface area contributed by atoms with Crippen LogP contribution in [-0.4, -0.2) is 34.8 Å². The van der Waals surface area contributed by atoms with Gasteiger partial charge in [-0.05, 0) is 30.9 Å². The van der Waals surface area contributed by atoms with Gasteiger partial charge in [0, 0.05) is 19.7 Å². The highest BCUT2D eigenvalue weighted by Crippen LogP contribution is 2.12. The predicted molar refractivity (Wildman–Crippen MR) is 76.6 cm³/mol. The molecule has 2 heterocycles.